The fraction of sp³-hybridized carbons (Fsp3) is 0.192. The lowest BCUT2D eigenvalue weighted by Crippen LogP contribution is -2.29. The SMILES string of the molecule is COc1ccc(C(=O)NCCC(=O)NN=Cc2ccc(OCc3ccccc3Cl)c(OC)c2)cc1. The summed E-state index contributed by atoms with van der Waals surface area (Å²) >= 11 is 6.17. The number of nitrogens with zero attached hydrogens (tertiary/aromatic N) is 1. The number of halogens is 1. The number of hydrogen-bond donors (Lipinski definition) is 2. The van der Waals surface area contributed by atoms with Gasteiger partial charge in [-0.3, -0.25) is 9.59 Å². The second kappa shape index (κ2) is 13.0. The van der Waals surface area contributed by atoms with Crippen LogP contribution in [0.4, 0.5) is 0 Å². The highest BCUT2D eigenvalue weighted by molar-refractivity contribution is 6.31. The maximum Gasteiger partial charge on any atom is 0.251 e. The van der Waals surface area contributed by atoms with Crippen molar-refractivity contribution in [2.45, 2.75) is 13.0 Å². The molecule has 0 aliphatic heterocycles. The fourth-order valence-electron chi connectivity index (χ4n) is 3.02. The predicted octanol–water partition coefficient (Wildman–Crippen LogP) is 4.21. The van der Waals surface area contributed by atoms with Crippen LogP contribution in [-0.4, -0.2) is 38.8 Å². The zero-order chi connectivity index (χ0) is 25.0. The monoisotopic (exact) mass is 495 g/mol. The van der Waals surface area contributed by atoms with Crippen LogP contribution in [0.5, 0.6) is 17.2 Å². The van der Waals surface area contributed by atoms with Crippen LogP contribution in [0.1, 0.15) is 27.9 Å². The van der Waals surface area contributed by atoms with E-state index in [0.717, 1.165) is 5.56 Å². The Morgan fingerprint density at radius 3 is 2.46 bits per heavy atom. The Morgan fingerprint density at radius 1 is 0.971 bits per heavy atom. The summed E-state index contributed by atoms with van der Waals surface area (Å²) in [5.74, 6) is 1.14. The van der Waals surface area contributed by atoms with E-state index in [1.165, 1.54) is 6.21 Å². The van der Waals surface area contributed by atoms with E-state index < -0.39 is 0 Å². The van der Waals surface area contributed by atoms with Gasteiger partial charge in [0.1, 0.15) is 12.4 Å². The first-order valence-electron chi connectivity index (χ1n) is 10.8. The molecule has 3 aromatic rings. The number of amides is 2. The van der Waals surface area contributed by atoms with Crippen LogP contribution in [0.3, 0.4) is 0 Å². The van der Waals surface area contributed by atoms with Gasteiger partial charge < -0.3 is 19.5 Å². The van der Waals surface area contributed by atoms with E-state index in [2.05, 4.69) is 15.8 Å². The summed E-state index contributed by atoms with van der Waals surface area (Å²) in [4.78, 5) is 24.1. The lowest BCUT2D eigenvalue weighted by atomic mass is 10.2. The number of hydrogen-bond acceptors (Lipinski definition) is 6. The van der Waals surface area contributed by atoms with E-state index in [4.69, 9.17) is 25.8 Å². The third kappa shape index (κ3) is 7.75. The highest BCUT2D eigenvalue weighted by Gasteiger charge is 2.08. The molecule has 0 bridgehead atoms. The van der Waals surface area contributed by atoms with Crippen LogP contribution in [-0.2, 0) is 11.4 Å². The molecular formula is C26H26ClN3O5. The lowest BCUT2D eigenvalue weighted by molar-refractivity contribution is -0.120. The van der Waals surface area contributed by atoms with Gasteiger partial charge in [-0.1, -0.05) is 29.8 Å². The number of nitrogens with one attached hydrogen (secondary N) is 2. The van der Waals surface area contributed by atoms with Gasteiger partial charge >= 0.3 is 0 Å². The third-order valence-electron chi connectivity index (χ3n) is 4.92. The van der Waals surface area contributed by atoms with Crippen LogP contribution in [0.15, 0.2) is 71.8 Å². The molecule has 0 unspecified atom stereocenters. The molecule has 182 valence electrons. The van der Waals surface area contributed by atoms with Crippen molar-refractivity contribution in [3.8, 4) is 17.2 Å². The van der Waals surface area contributed by atoms with Crippen LogP contribution >= 0.6 is 11.6 Å². The normalized spacial score (nSPS) is 10.6. The van der Waals surface area contributed by atoms with Gasteiger partial charge in [-0.2, -0.15) is 5.10 Å². The summed E-state index contributed by atoms with van der Waals surface area (Å²) < 4.78 is 16.3. The Hall–Kier alpha value is -4.04. The Labute approximate surface area is 208 Å². The molecule has 0 aliphatic carbocycles. The van der Waals surface area contributed by atoms with Crippen molar-refractivity contribution in [2.75, 3.05) is 20.8 Å². The van der Waals surface area contributed by atoms with E-state index in [1.54, 1.807) is 62.8 Å². The molecule has 0 radical (unpaired) electrons. The first kappa shape index (κ1) is 25.6. The molecule has 9 heteroatoms. The second-order valence-corrected chi connectivity index (χ2v) is 7.73. The first-order valence-corrected chi connectivity index (χ1v) is 11.2. The van der Waals surface area contributed by atoms with Gasteiger partial charge in [-0.05, 0) is 54.1 Å². The number of hydrazone groups is 1. The molecule has 2 N–H and O–H groups in total. The summed E-state index contributed by atoms with van der Waals surface area (Å²) in [5, 5.41) is 7.29. The summed E-state index contributed by atoms with van der Waals surface area (Å²) in [6, 6.07) is 19.4. The molecule has 0 fully saturated rings. The minimum Gasteiger partial charge on any atom is -0.497 e. The second-order valence-electron chi connectivity index (χ2n) is 7.32. The van der Waals surface area contributed by atoms with E-state index in [0.29, 0.717) is 40.0 Å². The van der Waals surface area contributed by atoms with Crippen molar-refractivity contribution in [1.82, 2.24) is 10.7 Å². The lowest BCUT2D eigenvalue weighted by Gasteiger charge is -2.12. The van der Waals surface area contributed by atoms with E-state index in [-0.39, 0.29) is 24.8 Å². The van der Waals surface area contributed by atoms with E-state index in [1.807, 2.05) is 18.2 Å². The number of carbonyl (C=O) groups is 2. The quantitative estimate of drug-likeness (QED) is 0.307. The van der Waals surface area contributed by atoms with Gasteiger partial charge in [0.2, 0.25) is 5.91 Å². The molecule has 35 heavy (non-hydrogen) atoms. The number of benzene rings is 3. The summed E-state index contributed by atoms with van der Waals surface area (Å²) in [6.07, 6.45) is 1.57. The van der Waals surface area contributed by atoms with Gasteiger partial charge in [-0.25, -0.2) is 5.43 Å². The molecule has 8 nitrogen and oxygen atoms in total. The number of methoxy groups -OCH3 is 2. The summed E-state index contributed by atoms with van der Waals surface area (Å²) in [6.45, 7) is 0.478. The molecule has 0 aliphatic rings. The van der Waals surface area contributed by atoms with Crippen molar-refractivity contribution >= 4 is 29.6 Å². The van der Waals surface area contributed by atoms with Crippen LogP contribution in [0, 0.1) is 0 Å². The maximum atomic E-state index is 12.1. The van der Waals surface area contributed by atoms with Crippen molar-refractivity contribution in [3.63, 3.8) is 0 Å². The zero-order valence-electron chi connectivity index (χ0n) is 19.4. The predicted molar refractivity (Wildman–Crippen MR) is 134 cm³/mol. The van der Waals surface area contributed by atoms with E-state index >= 15 is 0 Å². The summed E-state index contributed by atoms with van der Waals surface area (Å²) in [5.41, 5.74) is 4.50. The minimum atomic E-state index is -0.331. The molecule has 0 aromatic heterocycles. The molecule has 2 amide bonds. The fourth-order valence-corrected chi connectivity index (χ4v) is 3.21. The Balaban J connectivity index is 1.45. The molecule has 0 saturated heterocycles. The Bertz CT molecular complexity index is 1180. The number of ether oxygens (including phenoxy) is 3. The Morgan fingerprint density at radius 2 is 1.74 bits per heavy atom. The number of carbonyl (C=O) groups excluding carboxylic acids is 2. The van der Waals surface area contributed by atoms with Crippen LogP contribution in [0.25, 0.3) is 0 Å². The molecule has 3 aromatic carbocycles. The maximum absolute atomic E-state index is 12.1. The largest absolute Gasteiger partial charge is 0.497 e. The highest BCUT2D eigenvalue weighted by atomic mass is 35.5. The first-order chi connectivity index (χ1) is 17.0. The highest BCUT2D eigenvalue weighted by Crippen LogP contribution is 2.29. The summed E-state index contributed by atoms with van der Waals surface area (Å²) in [7, 11) is 3.10. The zero-order valence-corrected chi connectivity index (χ0v) is 20.2. The molecule has 0 atom stereocenters. The molecule has 0 spiro atoms. The molecule has 3 rings (SSSR count). The third-order valence-corrected chi connectivity index (χ3v) is 5.29. The van der Waals surface area contributed by atoms with Crippen LogP contribution in [0.2, 0.25) is 5.02 Å². The van der Waals surface area contributed by atoms with Crippen LogP contribution < -0.4 is 25.0 Å². The van der Waals surface area contributed by atoms with Gasteiger partial charge in [0, 0.05) is 29.1 Å². The molecular weight excluding hydrogens is 470 g/mol. The molecule has 0 saturated carbocycles. The molecule has 0 heterocycles. The Kier molecular flexibility index (Phi) is 9.50. The average Bonchev–Trinajstić information content (AvgIpc) is 2.88. The van der Waals surface area contributed by atoms with Gasteiger partial charge in [0.15, 0.2) is 11.5 Å². The minimum absolute atomic E-state index is 0.0807. The topological polar surface area (TPSA) is 98.2 Å². The van der Waals surface area contributed by atoms with Crippen molar-refractivity contribution < 1.29 is 23.8 Å². The smallest absolute Gasteiger partial charge is 0.251 e. The average molecular weight is 496 g/mol. The van der Waals surface area contributed by atoms with Gasteiger partial charge in [0.25, 0.3) is 5.91 Å². The van der Waals surface area contributed by atoms with E-state index in [9.17, 15) is 9.59 Å². The van der Waals surface area contributed by atoms with Crippen molar-refractivity contribution in [2.24, 2.45) is 5.10 Å². The standard InChI is InChI=1S/C26H26ClN3O5/c1-33-21-10-8-19(9-11-21)26(32)28-14-13-25(31)30-29-16-18-7-12-23(24(15-18)34-2)35-17-20-5-3-4-6-22(20)27/h3-12,15-16H,13-14,17H2,1-2H3,(H,28,32)(H,30,31). The van der Waals surface area contributed by atoms with Crippen molar-refractivity contribution in [1.29, 1.82) is 0 Å². The number of rotatable bonds is 11. The van der Waals surface area contributed by atoms with Gasteiger partial charge in [0.05, 0.1) is 20.4 Å². The van der Waals surface area contributed by atoms with Crippen molar-refractivity contribution in [3.05, 3.63) is 88.4 Å². The van der Waals surface area contributed by atoms with Gasteiger partial charge in [-0.15, -0.1) is 0 Å².